The standard InChI is InChI=1S/C14H17ClF3NO3/c1-13(2,3)22-12(21)19-11(7-20)9-5-4-8(15)6-10(9)14(16,17)18/h4-6,11,20H,7H2,1-3H3,(H,19,21). The zero-order valence-corrected chi connectivity index (χ0v) is 13.0. The Morgan fingerprint density at radius 2 is 1.95 bits per heavy atom. The summed E-state index contributed by atoms with van der Waals surface area (Å²) in [5.74, 6) is 0. The molecule has 1 rings (SSSR count). The topological polar surface area (TPSA) is 58.6 Å². The number of rotatable bonds is 3. The van der Waals surface area contributed by atoms with Crippen molar-refractivity contribution in [2.24, 2.45) is 0 Å². The summed E-state index contributed by atoms with van der Waals surface area (Å²) in [7, 11) is 0. The van der Waals surface area contributed by atoms with Gasteiger partial charge in [0.15, 0.2) is 0 Å². The molecule has 22 heavy (non-hydrogen) atoms. The highest BCUT2D eigenvalue weighted by atomic mass is 35.5. The van der Waals surface area contributed by atoms with Crippen molar-refractivity contribution in [1.82, 2.24) is 5.32 Å². The van der Waals surface area contributed by atoms with Gasteiger partial charge in [0.1, 0.15) is 5.60 Å². The fraction of sp³-hybridized carbons (Fsp3) is 0.500. The highest BCUT2D eigenvalue weighted by Crippen LogP contribution is 2.36. The predicted molar refractivity (Wildman–Crippen MR) is 75.7 cm³/mol. The van der Waals surface area contributed by atoms with Crippen LogP contribution in [0.5, 0.6) is 0 Å². The summed E-state index contributed by atoms with van der Waals surface area (Å²) in [6.45, 7) is 4.13. The number of aliphatic hydroxyl groups excluding tert-OH is 1. The van der Waals surface area contributed by atoms with Gasteiger partial charge >= 0.3 is 12.3 Å². The molecule has 124 valence electrons. The molecule has 2 N–H and O–H groups in total. The van der Waals surface area contributed by atoms with Crippen LogP contribution in [-0.4, -0.2) is 23.4 Å². The lowest BCUT2D eigenvalue weighted by molar-refractivity contribution is -0.138. The van der Waals surface area contributed by atoms with Crippen LogP contribution in [0.25, 0.3) is 0 Å². The van der Waals surface area contributed by atoms with E-state index in [4.69, 9.17) is 16.3 Å². The van der Waals surface area contributed by atoms with E-state index in [9.17, 15) is 23.1 Å². The SMILES string of the molecule is CC(C)(C)OC(=O)NC(CO)c1ccc(Cl)cc1C(F)(F)F. The van der Waals surface area contributed by atoms with Crippen molar-refractivity contribution in [3.63, 3.8) is 0 Å². The van der Waals surface area contributed by atoms with E-state index in [1.807, 2.05) is 0 Å². The normalized spacial score (nSPS) is 13.6. The number of hydrogen-bond acceptors (Lipinski definition) is 3. The van der Waals surface area contributed by atoms with Crippen LogP contribution in [0.1, 0.15) is 37.9 Å². The summed E-state index contributed by atoms with van der Waals surface area (Å²) < 4.78 is 44.1. The maximum Gasteiger partial charge on any atom is 0.416 e. The molecule has 8 heteroatoms. The highest BCUT2D eigenvalue weighted by molar-refractivity contribution is 6.30. The Bertz CT molecular complexity index is 541. The number of aliphatic hydroxyl groups is 1. The van der Waals surface area contributed by atoms with Gasteiger partial charge in [-0.15, -0.1) is 0 Å². The quantitative estimate of drug-likeness (QED) is 0.877. The van der Waals surface area contributed by atoms with Gasteiger partial charge < -0.3 is 15.2 Å². The first-order chi connectivity index (χ1) is 9.94. The predicted octanol–water partition coefficient (Wildman–Crippen LogP) is 3.92. The summed E-state index contributed by atoms with van der Waals surface area (Å²) in [5, 5.41) is 11.4. The van der Waals surface area contributed by atoms with E-state index in [1.54, 1.807) is 20.8 Å². The van der Waals surface area contributed by atoms with Crippen LogP contribution in [-0.2, 0) is 10.9 Å². The molecule has 0 fully saturated rings. The van der Waals surface area contributed by atoms with Gasteiger partial charge in [0.05, 0.1) is 18.2 Å². The molecule has 1 amide bonds. The molecule has 0 heterocycles. The summed E-state index contributed by atoms with van der Waals surface area (Å²) in [5.41, 5.74) is -2.11. The molecular formula is C14H17ClF3NO3. The van der Waals surface area contributed by atoms with Crippen molar-refractivity contribution in [3.8, 4) is 0 Å². The third-order valence-electron chi connectivity index (χ3n) is 2.57. The van der Waals surface area contributed by atoms with E-state index in [0.29, 0.717) is 0 Å². The number of benzene rings is 1. The van der Waals surface area contributed by atoms with E-state index in [2.05, 4.69) is 5.32 Å². The number of halogens is 4. The van der Waals surface area contributed by atoms with Crippen molar-refractivity contribution in [2.75, 3.05) is 6.61 Å². The van der Waals surface area contributed by atoms with Crippen molar-refractivity contribution < 1.29 is 27.8 Å². The van der Waals surface area contributed by atoms with Gasteiger partial charge in [-0.1, -0.05) is 17.7 Å². The monoisotopic (exact) mass is 339 g/mol. The maximum absolute atomic E-state index is 13.0. The van der Waals surface area contributed by atoms with E-state index < -0.39 is 36.1 Å². The Morgan fingerprint density at radius 3 is 2.41 bits per heavy atom. The maximum atomic E-state index is 13.0. The van der Waals surface area contributed by atoms with Gasteiger partial charge in [0.2, 0.25) is 0 Å². The Labute approximate surface area is 131 Å². The molecule has 0 aromatic heterocycles. The van der Waals surface area contributed by atoms with E-state index in [0.717, 1.165) is 12.1 Å². The first-order valence-corrected chi connectivity index (χ1v) is 6.79. The summed E-state index contributed by atoms with van der Waals surface area (Å²) in [6, 6.07) is 1.86. The molecule has 1 atom stereocenters. The Morgan fingerprint density at radius 1 is 1.36 bits per heavy atom. The minimum Gasteiger partial charge on any atom is -0.444 e. The molecule has 0 aliphatic rings. The summed E-state index contributed by atoms with van der Waals surface area (Å²) in [4.78, 5) is 11.7. The minimum atomic E-state index is -4.66. The second-order valence-corrected chi connectivity index (χ2v) is 6.05. The zero-order valence-electron chi connectivity index (χ0n) is 12.3. The third kappa shape index (κ3) is 5.38. The number of nitrogens with one attached hydrogen (secondary N) is 1. The van der Waals surface area contributed by atoms with Crippen LogP contribution in [0.15, 0.2) is 18.2 Å². The fourth-order valence-corrected chi connectivity index (χ4v) is 1.92. The lowest BCUT2D eigenvalue weighted by Crippen LogP contribution is -2.37. The van der Waals surface area contributed by atoms with Crippen LogP contribution in [0, 0.1) is 0 Å². The van der Waals surface area contributed by atoms with Gasteiger partial charge in [0, 0.05) is 5.02 Å². The van der Waals surface area contributed by atoms with Crippen molar-refractivity contribution in [1.29, 1.82) is 0 Å². The van der Waals surface area contributed by atoms with Crippen LogP contribution < -0.4 is 5.32 Å². The molecule has 1 unspecified atom stereocenters. The van der Waals surface area contributed by atoms with Crippen molar-refractivity contribution >= 4 is 17.7 Å². The van der Waals surface area contributed by atoms with E-state index >= 15 is 0 Å². The molecule has 0 radical (unpaired) electrons. The molecule has 4 nitrogen and oxygen atoms in total. The van der Waals surface area contributed by atoms with Crippen molar-refractivity contribution in [2.45, 2.75) is 38.6 Å². The second kappa shape index (κ2) is 6.75. The minimum absolute atomic E-state index is 0.0926. The van der Waals surface area contributed by atoms with Gasteiger partial charge in [-0.2, -0.15) is 13.2 Å². The number of alkyl halides is 3. The first kappa shape index (κ1) is 18.6. The summed E-state index contributed by atoms with van der Waals surface area (Å²) in [6.07, 6.45) is -5.59. The molecule has 0 aliphatic heterocycles. The molecule has 0 saturated heterocycles. The molecule has 1 aromatic carbocycles. The third-order valence-corrected chi connectivity index (χ3v) is 2.80. The molecule has 0 aliphatic carbocycles. The fourth-order valence-electron chi connectivity index (χ4n) is 1.75. The Kier molecular flexibility index (Phi) is 5.70. The zero-order chi connectivity index (χ0) is 17.1. The van der Waals surface area contributed by atoms with E-state index in [1.165, 1.54) is 6.07 Å². The van der Waals surface area contributed by atoms with Gasteiger partial charge in [0.25, 0.3) is 0 Å². The van der Waals surface area contributed by atoms with Gasteiger partial charge in [-0.25, -0.2) is 4.79 Å². The Balaban J connectivity index is 3.08. The average molecular weight is 340 g/mol. The smallest absolute Gasteiger partial charge is 0.416 e. The molecule has 0 saturated carbocycles. The number of carbonyl (C=O) groups excluding carboxylic acids is 1. The molecule has 1 aromatic rings. The molecule has 0 spiro atoms. The highest BCUT2D eigenvalue weighted by Gasteiger charge is 2.36. The summed E-state index contributed by atoms with van der Waals surface area (Å²) >= 11 is 5.59. The number of amides is 1. The average Bonchev–Trinajstić information content (AvgIpc) is 2.33. The largest absolute Gasteiger partial charge is 0.444 e. The lowest BCUT2D eigenvalue weighted by atomic mass is 10.0. The Hall–Kier alpha value is -1.47. The van der Waals surface area contributed by atoms with Gasteiger partial charge in [-0.05, 0) is 38.5 Å². The van der Waals surface area contributed by atoms with Crippen LogP contribution in [0.4, 0.5) is 18.0 Å². The lowest BCUT2D eigenvalue weighted by Gasteiger charge is -2.24. The number of ether oxygens (including phenoxy) is 1. The van der Waals surface area contributed by atoms with Gasteiger partial charge in [-0.3, -0.25) is 0 Å². The van der Waals surface area contributed by atoms with E-state index in [-0.39, 0.29) is 10.6 Å². The first-order valence-electron chi connectivity index (χ1n) is 6.41. The number of carbonyl (C=O) groups is 1. The van der Waals surface area contributed by atoms with Crippen LogP contribution in [0.2, 0.25) is 5.02 Å². The number of alkyl carbamates (subject to hydrolysis) is 1. The van der Waals surface area contributed by atoms with Crippen molar-refractivity contribution in [3.05, 3.63) is 34.3 Å². The van der Waals surface area contributed by atoms with Crippen LogP contribution >= 0.6 is 11.6 Å². The molecule has 0 bridgehead atoms. The molecular weight excluding hydrogens is 323 g/mol. The van der Waals surface area contributed by atoms with Crippen LogP contribution in [0.3, 0.4) is 0 Å². The second-order valence-electron chi connectivity index (χ2n) is 5.61. The number of hydrogen-bond donors (Lipinski definition) is 2.